The fourth-order valence-corrected chi connectivity index (χ4v) is 1.80. The Labute approximate surface area is 91.7 Å². The van der Waals surface area contributed by atoms with E-state index in [-0.39, 0.29) is 5.82 Å². The van der Waals surface area contributed by atoms with Crippen molar-refractivity contribution in [3.05, 3.63) is 35.6 Å². The number of rotatable bonds is 6. The lowest BCUT2D eigenvalue weighted by molar-refractivity contribution is 0.491. The van der Waals surface area contributed by atoms with E-state index in [9.17, 15) is 4.39 Å². The molecule has 0 aliphatic heterocycles. The van der Waals surface area contributed by atoms with E-state index >= 15 is 0 Å². The van der Waals surface area contributed by atoms with Crippen molar-refractivity contribution in [2.75, 3.05) is 7.05 Å². The second kappa shape index (κ2) is 6.57. The number of hydrogen-bond donors (Lipinski definition) is 1. The van der Waals surface area contributed by atoms with E-state index in [0.29, 0.717) is 6.04 Å². The van der Waals surface area contributed by atoms with Crippen molar-refractivity contribution in [3.63, 3.8) is 0 Å². The average Bonchev–Trinajstić information content (AvgIpc) is 2.25. The van der Waals surface area contributed by atoms with Gasteiger partial charge in [0, 0.05) is 6.04 Å². The van der Waals surface area contributed by atoms with Crippen LogP contribution in [0.2, 0.25) is 0 Å². The molecule has 0 bridgehead atoms. The summed E-state index contributed by atoms with van der Waals surface area (Å²) in [5.41, 5.74) is 1.10. The van der Waals surface area contributed by atoms with Crippen LogP contribution in [0.25, 0.3) is 0 Å². The van der Waals surface area contributed by atoms with Gasteiger partial charge in [0.1, 0.15) is 5.82 Å². The van der Waals surface area contributed by atoms with Crippen molar-refractivity contribution in [2.45, 2.75) is 38.6 Å². The van der Waals surface area contributed by atoms with Crippen LogP contribution >= 0.6 is 0 Å². The van der Waals surface area contributed by atoms with Crippen LogP contribution in [0.15, 0.2) is 24.3 Å². The second-order valence-electron chi connectivity index (χ2n) is 3.92. The SMILES string of the molecule is CCC(CCCc1cccc(F)c1)NC. The molecule has 0 aromatic heterocycles. The zero-order valence-corrected chi connectivity index (χ0v) is 9.59. The number of hydrogen-bond acceptors (Lipinski definition) is 1. The van der Waals surface area contributed by atoms with Gasteiger partial charge in [-0.25, -0.2) is 4.39 Å². The summed E-state index contributed by atoms with van der Waals surface area (Å²) in [5, 5.41) is 3.28. The summed E-state index contributed by atoms with van der Waals surface area (Å²) in [7, 11) is 2.00. The Morgan fingerprint density at radius 1 is 1.40 bits per heavy atom. The third-order valence-corrected chi connectivity index (χ3v) is 2.81. The Morgan fingerprint density at radius 3 is 2.80 bits per heavy atom. The van der Waals surface area contributed by atoms with Crippen molar-refractivity contribution in [3.8, 4) is 0 Å². The Kier molecular flexibility index (Phi) is 5.33. The summed E-state index contributed by atoms with van der Waals surface area (Å²) in [4.78, 5) is 0. The number of benzene rings is 1. The highest BCUT2D eigenvalue weighted by Crippen LogP contribution is 2.09. The van der Waals surface area contributed by atoms with Crippen LogP contribution in [0, 0.1) is 5.82 Å². The molecular formula is C13H20FN. The lowest BCUT2D eigenvalue weighted by Crippen LogP contribution is -2.23. The highest BCUT2D eigenvalue weighted by atomic mass is 19.1. The van der Waals surface area contributed by atoms with E-state index in [1.165, 1.54) is 6.07 Å². The van der Waals surface area contributed by atoms with Crippen molar-refractivity contribution in [2.24, 2.45) is 0 Å². The second-order valence-corrected chi connectivity index (χ2v) is 3.92. The molecule has 1 N–H and O–H groups in total. The first kappa shape index (κ1) is 12.2. The number of nitrogens with one attached hydrogen (secondary N) is 1. The molecule has 1 atom stereocenters. The van der Waals surface area contributed by atoms with Crippen LogP contribution in [0.5, 0.6) is 0 Å². The molecule has 1 nitrogen and oxygen atoms in total. The standard InChI is InChI=1S/C13H20FN/c1-3-13(15-2)9-5-7-11-6-4-8-12(14)10-11/h4,6,8,10,13,15H,3,5,7,9H2,1-2H3. The number of halogens is 1. The van der Waals surface area contributed by atoms with E-state index < -0.39 is 0 Å². The molecule has 0 saturated heterocycles. The minimum absolute atomic E-state index is 0.131. The van der Waals surface area contributed by atoms with Gasteiger partial charge in [-0.05, 0) is 50.4 Å². The monoisotopic (exact) mass is 209 g/mol. The minimum Gasteiger partial charge on any atom is -0.317 e. The summed E-state index contributed by atoms with van der Waals surface area (Å²) in [6, 6.07) is 7.48. The summed E-state index contributed by atoms with van der Waals surface area (Å²) in [6.45, 7) is 2.18. The predicted molar refractivity (Wildman–Crippen MR) is 62.5 cm³/mol. The van der Waals surface area contributed by atoms with Crippen molar-refractivity contribution < 1.29 is 4.39 Å². The van der Waals surface area contributed by atoms with Gasteiger partial charge in [-0.3, -0.25) is 0 Å². The predicted octanol–water partition coefficient (Wildman–Crippen LogP) is 3.15. The Hall–Kier alpha value is -0.890. The van der Waals surface area contributed by atoms with Gasteiger partial charge in [0.2, 0.25) is 0 Å². The maximum absolute atomic E-state index is 12.9. The Morgan fingerprint density at radius 2 is 2.20 bits per heavy atom. The summed E-state index contributed by atoms with van der Waals surface area (Å²) < 4.78 is 12.9. The first-order chi connectivity index (χ1) is 7.26. The van der Waals surface area contributed by atoms with E-state index in [1.807, 2.05) is 13.1 Å². The van der Waals surface area contributed by atoms with Gasteiger partial charge in [0.15, 0.2) is 0 Å². The van der Waals surface area contributed by atoms with E-state index in [0.717, 1.165) is 31.2 Å². The van der Waals surface area contributed by atoms with Crippen LogP contribution in [0.1, 0.15) is 31.7 Å². The largest absolute Gasteiger partial charge is 0.317 e. The van der Waals surface area contributed by atoms with Gasteiger partial charge in [-0.15, -0.1) is 0 Å². The molecule has 0 aliphatic carbocycles. The van der Waals surface area contributed by atoms with Gasteiger partial charge in [-0.2, -0.15) is 0 Å². The molecule has 15 heavy (non-hydrogen) atoms. The van der Waals surface area contributed by atoms with Crippen molar-refractivity contribution >= 4 is 0 Å². The quantitative estimate of drug-likeness (QED) is 0.759. The molecule has 1 rings (SSSR count). The molecule has 1 unspecified atom stereocenters. The molecule has 1 aromatic rings. The molecule has 0 aliphatic rings. The zero-order valence-electron chi connectivity index (χ0n) is 9.59. The molecular weight excluding hydrogens is 189 g/mol. The van der Waals surface area contributed by atoms with Crippen molar-refractivity contribution in [1.82, 2.24) is 5.32 Å². The topological polar surface area (TPSA) is 12.0 Å². The third-order valence-electron chi connectivity index (χ3n) is 2.81. The van der Waals surface area contributed by atoms with Crippen LogP contribution in [-0.2, 0) is 6.42 Å². The van der Waals surface area contributed by atoms with Gasteiger partial charge in [0.05, 0.1) is 0 Å². The summed E-state index contributed by atoms with van der Waals surface area (Å²) >= 11 is 0. The van der Waals surface area contributed by atoms with Crippen LogP contribution in [-0.4, -0.2) is 13.1 Å². The molecule has 0 radical (unpaired) electrons. The van der Waals surface area contributed by atoms with Gasteiger partial charge in [-0.1, -0.05) is 19.1 Å². The van der Waals surface area contributed by atoms with Gasteiger partial charge in [0.25, 0.3) is 0 Å². The van der Waals surface area contributed by atoms with Gasteiger partial charge < -0.3 is 5.32 Å². The maximum atomic E-state index is 12.9. The zero-order chi connectivity index (χ0) is 11.1. The van der Waals surface area contributed by atoms with Crippen LogP contribution in [0.4, 0.5) is 4.39 Å². The lowest BCUT2D eigenvalue weighted by atomic mass is 10.0. The molecule has 2 heteroatoms. The van der Waals surface area contributed by atoms with E-state index in [4.69, 9.17) is 0 Å². The Bertz CT molecular complexity index is 282. The summed E-state index contributed by atoms with van der Waals surface area (Å²) in [6.07, 6.45) is 4.39. The minimum atomic E-state index is -0.131. The smallest absolute Gasteiger partial charge is 0.123 e. The van der Waals surface area contributed by atoms with Crippen molar-refractivity contribution in [1.29, 1.82) is 0 Å². The van der Waals surface area contributed by atoms with E-state index in [1.54, 1.807) is 12.1 Å². The van der Waals surface area contributed by atoms with Crippen LogP contribution < -0.4 is 5.32 Å². The lowest BCUT2D eigenvalue weighted by Gasteiger charge is -2.13. The highest BCUT2D eigenvalue weighted by molar-refractivity contribution is 5.16. The van der Waals surface area contributed by atoms with Gasteiger partial charge >= 0.3 is 0 Å². The summed E-state index contributed by atoms with van der Waals surface area (Å²) in [5.74, 6) is -0.131. The fourth-order valence-electron chi connectivity index (χ4n) is 1.80. The molecule has 84 valence electrons. The molecule has 0 saturated carbocycles. The molecule has 0 heterocycles. The number of aryl methyl sites for hydroxylation is 1. The molecule has 0 fully saturated rings. The molecule has 0 amide bonds. The molecule has 0 spiro atoms. The fraction of sp³-hybridized carbons (Fsp3) is 0.538. The third kappa shape index (κ3) is 4.43. The van der Waals surface area contributed by atoms with E-state index in [2.05, 4.69) is 12.2 Å². The first-order valence-electron chi connectivity index (χ1n) is 5.68. The van der Waals surface area contributed by atoms with Crippen LogP contribution in [0.3, 0.4) is 0 Å². The highest BCUT2D eigenvalue weighted by Gasteiger charge is 2.02. The molecule has 1 aromatic carbocycles. The normalized spacial score (nSPS) is 12.7. The maximum Gasteiger partial charge on any atom is 0.123 e. The average molecular weight is 209 g/mol. The first-order valence-corrected chi connectivity index (χ1v) is 5.68. The Balaban J connectivity index is 2.31.